The van der Waals surface area contributed by atoms with Gasteiger partial charge >= 0.3 is 0 Å². The van der Waals surface area contributed by atoms with Crippen molar-refractivity contribution in [2.75, 3.05) is 26.7 Å². The van der Waals surface area contributed by atoms with Crippen LogP contribution in [0.3, 0.4) is 0 Å². The Morgan fingerprint density at radius 3 is 2.50 bits per heavy atom. The first-order chi connectivity index (χ1) is 14.3. The number of hydrogen-bond acceptors (Lipinski definition) is 6. The van der Waals surface area contributed by atoms with Gasteiger partial charge in [0.2, 0.25) is 20.0 Å². The largest absolute Gasteiger partial charge is 0.495 e. The van der Waals surface area contributed by atoms with Crippen LogP contribution >= 0.6 is 0 Å². The fraction of sp³-hybridized carbons (Fsp3) is 0.450. The Bertz CT molecular complexity index is 1060. The monoisotopic (exact) mass is 453 g/mol. The van der Waals surface area contributed by atoms with E-state index in [-0.39, 0.29) is 22.3 Å². The number of sulfonamides is 2. The Morgan fingerprint density at radius 1 is 1.17 bits per heavy atom. The van der Waals surface area contributed by atoms with Gasteiger partial charge in [0.15, 0.2) is 0 Å². The third-order valence-electron chi connectivity index (χ3n) is 5.33. The molecule has 0 radical (unpaired) electrons. The third kappa shape index (κ3) is 5.00. The molecule has 10 heteroatoms. The van der Waals surface area contributed by atoms with E-state index in [0.29, 0.717) is 31.7 Å². The van der Waals surface area contributed by atoms with E-state index in [0.717, 1.165) is 12.0 Å². The highest BCUT2D eigenvalue weighted by molar-refractivity contribution is 7.89. The van der Waals surface area contributed by atoms with E-state index >= 15 is 0 Å². The summed E-state index contributed by atoms with van der Waals surface area (Å²) in [6.07, 6.45) is 4.74. The molecule has 8 nitrogen and oxygen atoms in total. The molecule has 30 heavy (non-hydrogen) atoms. The number of ether oxygens (including phenoxy) is 1. The van der Waals surface area contributed by atoms with Crippen LogP contribution in [0.1, 0.15) is 25.3 Å². The molecule has 0 spiro atoms. The van der Waals surface area contributed by atoms with E-state index < -0.39 is 20.0 Å². The quantitative estimate of drug-likeness (QED) is 0.656. The normalized spacial score (nSPS) is 16.5. The van der Waals surface area contributed by atoms with Gasteiger partial charge in [-0.1, -0.05) is 13.0 Å². The second kappa shape index (κ2) is 9.42. The molecule has 1 aromatic carbocycles. The van der Waals surface area contributed by atoms with Gasteiger partial charge in [-0.15, -0.1) is 0 Å². The van der Waals surface area contributed by atoms with Crippen molar-refractivity contribution in [2.45, 2.75) is 36.0 Å². The Balaban J connectivity index is 1.62. The van der Waals surface area contributed by atoms with Crippen LogP contribution < -0.4 is 9.46 Å². The first-order valence-electron chi connectivity index (χ1n) is 9.84. The summed E-state index contributed by atoms with van der Waals surface area (Å²) in [5.41, 5.74) is 0.907. The molecule has 0 bridgehead atoms. The Labute approximate surface area is 178 Å². The van der Waals surface area contributed by atoms with Gasteiger partial charge in [-0.25, -0.2) is 21.6 Å². The third-order valence-corrected chi connectivity index (χ3v) is 8.66. The lowest BCUT2D eigenvalue weighted by Gasteiger charge is -2.31. The number of rotatable bonds is 8. The van der Waals surface area contributed by atoms with Gasteiger partial charge in [0.25, 0.3) is 0 Å². The van der Waals surface area contributed by atoms with E-state index in [4.69, 9.17) is 4.74 Å². The number of methoxy groups -OCH3 is 1. The van der Waals surface area contributed by atoms with E-state index in [9.17, 15) is 16.8 Å². The van der Waals surface area contributed by atoms with E-state index in [2.05, 4.69) is 9.71 Å². The molecule has 1 aromatic heterocycles. The molecule has 2 aromatic rings. The summed E-state index contributed by atoms with van der Waals surface area (Å²) in [6, 6.07) is 8.26. The zero-order chi connectivity index (χ0) is 21.8. The predicted octanol–water partition coefficient (Wildman–Crippen LogP) is 2.03. The van der Waals surface area contributed by atoms with E-state index in [1.165, 1.54) is 29.9 Å². The molecule has 2 heterocycles. The second-order valence-electron chi connectivity index (χ2n) is 7.23. The first-order valence-corrected chi connectivity index (χ1v) is 12.8. The average Bonchev–Trinajstić information content (AvgIpc) is 2.78. The van der Waals surface area contributed by atoms with E-state index in [1.54, 1.807) is 18.2 Å². The highest BCUT2D eigenvalue weighted by atomic mass is 32.2. The number of aromatic nitrogens is 1. The van der Waals surface area contributed by atoms with Crippen LogP contribution in [0, 0.1) is 5.92 Å². The molecule has 0 unspecified atom stereocenters. The lowest BCUT2D eigenvalue weighted by atomic mass is 9.99. The van der Waals surface area contributed by atoms with Crippen LogP contribution in [-0.2, 0) is 26.5 Å². The zero-order valence-electron chi connectivity index (χ0n) is 17.1. The van der Waals surface area contributed by atoms with Crippen LogP contribution in [-0.4, -0.2) is 52.9 Å². The van der Waals surface area contributed by atoms with Crippen molar-refractivity contribution < 1.29 is 21.6 Å². The number of aryl methyl sites for hydroxylation is 1. The highest BCUT2D eigenvalue weighted by Gasteiger charge is 2.30. The minimum absolute atomic E-state index is 0.0560. The van der Waals surface area contributed by atoms with Gasteiger partial charge in [-0.05, 0) is 55.0 Å². The standard InChI is InChI=1S/C20H27N3O5S2/c1-3-16-6-7-19(28-2)20(13-16)29(24,25)22-14-17-8-11-23(12-9-17)30(26,27)18-5-4-10-21-15-18/h4-7,10,13,15,17,22H,3,8-9,11-12,14H2,1-2H3. The maximum atomic E-state index is 12.8. The SMILES string of the molecule is CCc1ccc(OC)c(S(=O)(=O)NCC2CCN(S(=O)(=O)c3cccnc3)CC2)c1. The summed E-state index contributed by atoms with van der Waals surface area (Å²) in [4.78, 5) is 4.18. The summed E-state index contributed by atoms with van der Waals surface area (Å²) >= 11 is 0. The van der Waals surface area contributed by atoms with Crippen molar-refractivity contribution in [3.63, 3.8) is 0 Å². The van der Waals surface area contributed by atoms with E-state index in [1.807, 2.05) is 13.0 Å². The minimum atomic E-state index is -3.74. The van der Waals surface area contributed by atoms with Crippen LogP contribution in [0.5, 0.6) is 5.75 Å². The van der Waals surface area contributed by atoms with Gasteiger partial charge in [-0.2, -0.15) is 4.31 Å². The number of pyridine rings is 1. The molecular formula is C20H27N3O5S2. The number of benzene rings is 1. The van der Waals surface area contributed by atoms with Crippen molar-refractivity contribution in [1.82, 2.24) is 14.0 Å². The Kier molecular flexibility index (Phi) is 7.12. The number of piperidine rings is 1. The molecule has 1 aliphatic rings. The van der Waals surface area contributed by atoms with Gasteiger partial charge in [-0.3, -0.25) is 4.98 Å². The van der Waals surface area contributed by atoms with Gasteiger partial charge in [0, 0.05) is 32.0 Å². The van der Waals surface area contributed by atoms with Gasteiger partial charge < -0.3 is 4.74 Å². The summed E-state index contributed by atoms with van der Waals surface area (Å²) in [5.74, 6) is 0.359. The van der Waals surface area contributed by atoms with Gasteiger partial charge in [0.1, 0.15) is 15.5 Å². The lowest BCUT2D eigenvalue weighted by Crippen LogP contribution is -2.41. The summed E-state index contributed by atoms with van der Waals surface area (Å²) in [5, 5.41) is 0. The number of nitrogens with one attached hydrogen (secondary N) is 1. The highest BCUT2D eigenvalue weighted by Crippen LogP contribution is 2.27. The molecule has 1 fully saturated rings. The fourth-order valence-corrected chi connectivity index (χ4v) is 6.23. The molecule has 3 rings (SSSR count). The molecule has 1 aliphatic heterocycles. The zero-order valence-corrected chi connectivity index (χ0v) is 18.7. The number of nitrogens with zero attached hydrogens (tertiary/aromatic N) is 2. The molecule has 1 saturated heterocycles. The van der Waals surface area contributed by atoms with Crippen LogP contribution in [0.4, 0.5) is 0 Å². The second-order valence-corrected chi connectivity index (χ2v) is 10.9. The molecule has 0 aliphatic carbocycles. The predicted molar refractivity (Wildman–Crippen MR) is 113 cm³/mol. The Hall–Kier alpha value is -2.01. The average molecular weight is 454 g/mol. The maximum Gasteiger partial charge on any atom is 0.244 e. The van der Waals surface area contributed by atoms with Gasteiger partial charge in [0.05, 0.1) is 7.11 Å². The Morgan fingerprint density at radius 2 is 1.90 bits per heavy atom. The number of hydrogen-bond donors (Lipinski definition) is 1. The smallest absolute Gasteiger partial charge is 0.244 e. The summed E-state index contributed by atoms with van der Waals surface area (Å²) in [6.45, 7) is 2.90. The summed E-state index contributed by atoms with van der Waals surface area (Å²) < 4.78 is 60.4. The minimum Gasteiger partial charge on any atom is -0.495 e. The van der Waals surface area contributed by atoms with Crippen LogP contribution in [0.25, 0.3) is 0 Å². The lowest BCUT2D eigenvalue weighted by molar-refractivity contribution is 0.274. The molecule has 0 amide bonds. The van der Waals surface area contributed by atoms with Crippen molar-refractivity contribution >= 4 is 20.0 Å². The van der Waals surface area contributed by atoms with Crippen molar-refractivity contribution in [1.29, 1.82) is 0 Å². The molecular weight excluding hydrogens is 426 g/mol. The molecule has 0 saturated carbocycles. The van der Waals surface area contributed by atoms with Crippen molar-refractivity contribution in [3.8, 4) is 5.75 Å². The topological polar surface area (TPSA) is 106 Å². The fourth-order valence-electron chi connectivity index (χ4n) is 3.46. The molecule has 0 atom stereocenters. The maximum absolute atomic E-state index is 12.8. The van der Waals surface area contributed by atoms with Crippen LogP contribution in [0.2, 0.25) is 0 Å². The summed E-state index contributed by atoms with van der Waals surface area (Å²) in [7, 11) is -5.87. The molecule has 1 N–H and O–H groups in total. The van der Waals surface area contributed by atoms with Crippen molar-refractivity contribution in [2.24, 2.45) is 5.92 Å². The first kappa shape index (κ1) is 22.7. The van der Waals surface area contributed by atoms with Crippen LogP contribution in [0.15, 0.2) is 52.5 Å². The molecule has 164 valence electrons. The van der Waals surface area contributed by atoms with Crippen molar-refractivity contribution in [3.05, 3.63) is 48.3 Å².